The Morgan fingerprint density at radius 1 is 1.07 bits per heavy atom. The molecule has 0 aliphatic heterocycles. The van der Waals surface area contributed by atoms with Crippen molar-refractivity contribution in [1.29, 1.82) is 5.26 Å². The van der Waals surface area contributed by atoms with Gasteiger partial charge in [-0.15, -0.1) is 5.10 Å². The van der Waals surface area contributed by atoms with Crippen LogP contribution < -0.4 is 5.73 Å². The molecule has 0 bridgehead atoms. The number of nitrogens with two attached hydrogens (primary N) is 1. The van der Waals surface area contributed by atoms with Gasteiger partial charge in [-0.1, -0.05) is 66.4 Å². The number of pyridine rings is 1. The fourth-order valence-corrected chi connectivity index (χ4v) is 2.95. The first-order chi connectivity index (χ1) is 13.2. The Bertz CT molecular complexity index is 989. The molecule has 1 aromatic heterocycles. The standard InChI is InChI=1S/C21H17N5S/c22-11-18-10-20(14-24-12-18)19-8-6-16(7-9-19)13-25-26-21(23)27-15-17-4-2-1-3-5-17/h1-10,12-14H,15H2,(H2,23,26). The number of rotatable bonds is 5. The Morgan fingerprint density at radius 3 is 2.59 bits per heavy atom. The largest absolute Gasteiger partial charge is 0.377 e. The lowest BCUT2D eigenvalue weighted by Gasteiger charge is -2.02. The summed E-state index contributed by atoms with van der Waals surface area (Å²) in [5.74, 6) is 0.760. The zero-order valence-corrected chi connectivity index (χ0v) is 15.3. The van der Waals surface area contributed by atoms with Crippen molar-refractivity contribution in [2.45, 2.75) is 5.75 Å². The Balaban J connectivity index is 1.59. The van der Waals surface area contributed by atoms with E-state index >= 15 is 0 Å². The Morgan fingerprint density at radius 2 is 1.85 bits per heavy atom. The predicted molar refractivity (Wildman–Crippen MR) is 111 cm³/mol. The zero-order chi connectivity index (χ0) is 18.9. The van der Waals surface area contributed by atoms with Gasteiger partial charge < -0.3 is 5.73 Å². The molecule has 0 saturated carbocycles. The summed E-state index contributed by atoms with van der Waals surface area (Å²) < 4.78 is 0. The number of benzene rings is 2. The fourth-order valence-electron chi connectivity index (χ4n) is 2.33. The van der Waals surface area contributed by atoms with Crippen molar-refractivity contribution in [2.75, 3.05) is 0 Å². The molecule has 2 N–H and O–H groups in total. The van der Waals surface area contributed by atoms with Crippen molar-refractivity contribution in [1.82, 2.24) is 4.98 Å². The summed E-state index contributed by atoms with van der Waals surface area (Å²) >= 11 is 1.45. The Hall–Kier alpha value is -3.43. The molecule has 2 aromatic carbocycles. The van der Waals surface area contributed by atoms with Gasteiger partial charge in [-0.05, 0) is 22.8 Å². The van der Waals surface area contributed by atoms with Crippen LogP contribution in [0.15, 0.2) is 83.3 Å². The van der Waals surface area contributed by atoms with E-state index in [9.17, 15) is 0 Å². The van der Waals surface area contributed by atoms with Crippen LogP contribution in [0.4, 0.5) is 0 Å². The summed E-state index contributed by atoms with van der Waals surface area (Å²) in [5, 5.41) is 17.5. The quantitative estimate of drug-likeness (QED) is 0.413. The van der Waals surface area contributed by atoms with Gasteiger partial charge in [-0.2, -0.15) is 10.4 Å². The average molecular weight is 371 g/mol. The average Bonchev–Trinajstić information content (AvgIpc) is 2.73. The highest BCUT2D eigenvalue weighted by molar-refractivity contribution is 8.13. The van der Waals surface area contributed by atoms with Crippen molar-refractivity contribution in [3.63, 3.8) is 0 Å². The number of amidine groups is 1. The Kier molecular flexibility index (Phi) is 6.34. The van der Waals surface area contributed by atoms with Gasteiger partial charge in [0.15, 0.2) is 5.17 Å². The summed E-state index contributed by atoms with van der Waals surface area (Å²) in [6, 6.07) is 21.8. The first kappa shape index (κ1) is 18.4. The molecule has 0 radical (unpaired) electrons. The monoisotopic (exact) mass is 371 g/mol. The van der Waals surface area contributed by atoms with E-state index in [1.807, 2.05) is 60.7 Å². The molecule has 0 spiro atoms. The number of nitriles is 1. The number of thioether (sulfide) groups is 1. The molecule has 0 aliphatic rings. The lowest BCUT2D eigenvalue weighted by atomic mass is 10.0. The van der Waals surface area contributed by atoms with Crippen molar-refractivity contribution in [2.24, 2.45) is 15.9 Å². The van der Waals surface area contributed by atoms with Crippen LogP contribution in [0.1, 0.15) is 16.7 Å². The van der Waals surface area contributed by atoms with Gasteiger partial charge in [-0.25, -0.2) is 0 Å². The minimum Gasteiger partial charge on any atom is -0.377 e. The van der Waals surface area contributed by atoms with E-state index in [4.69, 9.17) is 11.0 Å². The number of hydrogen-bond donors (Lipinski definition) is 1. The van der Waals surface area contributed by atoms with Gasteiger partial charge in [-0.3, -0.25) is 4.98 Å². The third-order valence-corrected chi connectivity index (χ3v) is 4.56. The van der Waals surface area contributed by atoms with Crippen LogP contribution in [0.5, 0.6) is 0 Å². The maximum Gasteiger partial charge on any atom is 0.180 e. The summed E-state index contributed by atoms with van der Waals surface area (Å²) in [6.07, 6.45) is 4.94. The molecule has 0 saturated heterocycles. The third-order valence-electron chi connectivity index (χ3n) is 3.70. The molecule has 27 heavy (non-hydrogen) atoms. The second-order valence-corrected chi connectivity index (χ2v) is 6.65. The van der Waals surface area contributed by atoms with Crippen molar-refractivity contribution >= 4 is 23.1 Å². The third kappa shape index (κ3) is 5.53. The van der Waals surface area contributed by atoms with Crippen LogP contribution in [-0.4, -0.2) is 16.4 Å². The maximum absolute atomic E-state index is 8.97. The minimum absolute atomic E-state index is 0.422. The van der Waals surface area contributed by atoms with E-state index in [1.165, 1.54) is 17.3 Å². The van der Waals surface area contributed by atoms with Crippen molar-refractivity contribution < 1.29 is 0 Å². The van der Waals surface area contributed by atoms with Gasteiger partial charge in [0, 0.05) is 23.7 Å². The van der Waals surface area contributed by atoms with E-state index in [1.54, 1.807) is 18.6 Å². The van der Waals surface area contributed by atoms with E-state index in [-0.39, 0.29) is 0 Å². The molecule has 3 rings (SSSR count). The van der Waals surface area contributed by atoms with Gasteiger partial charge in [0.2, 0.25) is 0 Å². The Labute approximate surface area is 162 Å². The van der Waals surface area contributed by atoms with Crippen molar-refractivity contribution in [3.8, 4) is 17.2 Å². The fraction of sp³-hybridized carbons (Fsp3) is 0.0476. The highest BCUT2D eigenvalue weighted by atomic mass is 32.2. The maximum atomic E-state index is 8.97. The van der Waals surface area contributed by atoms with Gasteiger partial charge >= 0.3 is 0 Å². The van der Waals surface area contributed by atoms with Crippen molar-refractivity contribution in [3.05, 3.63) is 89.7 Å². The van der Waals surface area contributed by atoms with Gasteiger partial charge in [0.05, 0.1) is 11.8 Å². The SMILES string of the molecule is N#Cc1cncc(-c2ccc(C=NN=C(N)SCc3ccccc3)cc2)c1. The minimum atomic E-state index is 0.422. The molecule has 0 aliphatic carbocycles. The van der Waals surface area contributed by atoms with Gasteiger partial charge in [0.25, 0.3) is 0 Å². The molecule has 132 valence electrons. The molecule has 0 atom stereocenters. The highest BCUT2D eigenvalue weighted by Gasteiger charge is 2.00. The lowest BCUT2D eigenvalue weighted by molar-refractivity contribution is 1.25. The smallest absolute Gasteiger partial charge is 0.180 e. The van der Waals surface area contributed by atoms with Crippen LogP contribution >= 0.6 is 11.8 Å². The number of hydrogen-bond acceptors (Lipinski definition) is 5. The predicted octanol–water partition coefficient (Wildman–Crippen LogP) is 4.20. The molecule has 3 aromatic rings. The summed E-state index contributed by atoms with van der Waals surface area (Å²) in [7, 11) is 0. The first-order valence-corrected chi connectivity index (χ1v) is 9.22. The van der Waals surface area contributed by atoms with Crippen LogP contribution in [0, 0.1) is 11.3 Å². The topological polar surface area (TPSA) is 87.4 Å². The molecule has 0 fully saturated rings. The summed E-state index contributed by atoms with van der Waals surface area (Å²) in [4.78, 5) is 4.08. The normalized spacial score (nSPS) is 11.4. The number of aromatic nitrogens is 1. The van der Waals surface area contributed by atoms with E-state index < -0.39 is 0 Å². The zero-order valence-electron chi connectivity index (χ0n) is 14.5. The molecule has 6 heteroatoms. The van der Waals surface area contributed by atoms with E-state index in [0.717, 1.165) is 22.4 Å². The van der Waals surface area contributed by atoms with Gasteiger partial charge in [0.1, 0.15) is 6.07 Å². The van der Waals surface area contributed by atoms with E-state index in [2.05, 4.69) is 21.3 Å². The molecule has 1 heterocycles. The first-order valence-electron chi connectivity index (χ1n) is 8.23. The van der Waals surface area contributed by atoms with Crippen LogP contribution in [0.2, 0.25) is 0 Å². The van der Waals surface area contributed by atoms with Crippen LogP contribution in [-0.2, 0) is 5.75 Å². The second-order valence-electron chi connectivity index (χ2n) is 5.65. The summed E-state index contributed by atoms with van der Waals surface area (Å²) in [6.45, 7) is 0. The molecular weight excluding hydrogens is 354 g/mol. The second kappa shape index (κ2) is 9.32. The van der Waals surface area contributed by atoms with Crippen LogP contribution in [0.3, 0.4) is 0 Å². The highest BCUT2D eigenvalue weighted by Crippen LogP contribution is 2.19. The summed E-state index contributed by atoms with van der Waals surface area (Å²) in [5.41, 5.74) is 10.4. The molecule has 0 unspecified atom stereocenters. The molecule has 0 amide bonds. The lowest BCUT2D eigenvalue weighted by Crippen LogP contribution is -2.05. The molecular formula is C21H17N5S. The molecule has 5 nitrogen and oxygen atoms in total. The van der Waals surface area contributed by atoms with E-state index in [0.29, 0.717) is 10.7 Å². The number of nitrogens with zero attached hydrogens (tertiary/aromatic N) is 4. The van der Waals surface area contributed by atoms with Crippen LogP contribution in [0.25, 0.3) is 11.1 Å².